The third-order valence-electron chi connectivity index (χ3n) is 3.69. The summed E-state index contributed by atoms with van der Waals surface area (Å²) in [6.07, 6.45) is 2.81. The van der Waals surface area contributed by atoms with Crippen LogP contribution in [-0.4, -0.2) is 62.6 Å². The quantitative estimate of drug-likeness (QED) is 0.559. The minimum atomic E-state index is -3.03. The molecule has 1 atom stereocenters. The monoisotopic (exact) mass is 275 g/mol. The number of aliphatic imine (C=N–C) groups is 1. The van der Waals surface area contributed by atoms with E-state index in [1.54, 1.807) is 0 Å². The molecule has 1 unspecified atom stereocenters. The third-order valence-corrected chi connectivity index (χ3v) is 5.80. The Hall–Kier alpha value is -0.820. The Balaban J connectivity index is 1.97. The fraction of sp³-hybridized carbons (Fsp3) is 0.909. The van der Waals surface area contributed by atoms with Gasteiger partial charge in [-0.3, -0.25) is 4.99 Å². The number of nitrogens with zero attached hydrogens (tertiary/aromatic N) is 2. The summed E-state index contributed by atoms with van der Waals surface area (Å²) in [7, 11) is -3.03. The van der Waals surface area contributed by atoms with Crippen molar-refractivity contribution in [3.63, 3.8) is 0 Å². The Labute approximate surface area is 108 Å². The normalized spacial score (nSPS) is 28.2. The van der Waals surface area contributed by atoms with Crippen molar-refractivity contribution in [1.29, 1.82) is 0 Å². The largest absolute Gasteiger partial charge is 0.375 e. The molecule has 6 nitrogen and oxygen atoms in total. The summed E-state index contributed by atoms with van der Waals surface area (Å²) in [6.45, 7) is 4.32. The van der Waals surface area contributed by atoms with Crippen LogP contribution >= 0.6 is 0 Å². The highest BCUT2D eigenvalue weighted by molar-refractivity contribution is 7.92. The van der Waals surface area contributed by atoms with Crippen LogP contribution in [0.3, 0.4) is 0 Å². The molecule has 0 spiro atoms. The summed E-state index contributed by atoms with van der Waals surface area (Å²) in [5.41, 5.74) is 5.91. The Morgan fingerprint density at radius 1 is 1.56 bits per heavy atom. The second kappa shape index (κ2) is 4.70. The second-order valence-corrected chi connectivity index (χ2v) is 7.67. The van der Waals surface area contributed by atoms with Crippen molar-refractivity contribution in [1.82, 2.24) is 4.90 Å². The second-order valence-electron chi connectivity index (χ2n) is 5.26. The van der Waals surface area contributed by atoms with Crippen molar-refractivity contribution < 1.29 is 13.2 Å². The molecular formula is C11H21N3O3S. The molecule has 104 valence electrons. The van der Waals surface area contributed by atoms with Crippen LogP contribution in [0, 0.1) is 0 Å². The predicted molar refractivity (Wildman–Crippen MR) is 70.3 cm³/mol. The van der Waals surface area contributed by atoms with Crippen LogP contribution in [0.25, 0.3) is 0 Å². The fourth-order valence-electron chi connectivity index (χ4n) is 2.14. The van der Waals surface area contributed by atoms with E-state index < -0.39 is 14.6 Å². The minimum Gasteiger partial charge on any atom is -0.375 e. The molecule has 1 saturated heterocycles. The van der Waals surface area contributed by atoms with E-state index in [1.165, 1.54) is 6.26 Å². The molecule has 1 saturated carbocycles. The SMILES string of the molecule is CC1CN(C(N)=NCC2(S(C)(=O)=O)CC2)CCO1. The van der Waals surface area contributed by atoms with E-state index in [1.807, 2.05) is 11.8 Å². The highest BCUT2D eigenvalue weighted by Gasteiger charge is 2.52. The molecule has 1 heterocycles. The lowest BCUT2D eigenvalue weighted by Crippen LogP contribution is -2.48. The van der Waals surface area contributed by atoms with E-state index in [4.69, 9.17) is 10.5 Å². The van der Waals surface area contributed by atoms with E-state index in [0.717, 1.165) is 0 Å². The first kappa shape index (κ1) is 13.6. The summed E-state index contributed by atoms with van der Waals surface area (Å²) in [5, 5.41) is 0. The maximum absolute atomic E-state index is 11.6. The Bertz CT molecular complexity index is 442. The lowest BCUT2D eigenvalue weighted by Gasteiger charge is -2.32. The molecule has 2 rings (SSSR count). The average Bonchev–Trinajstić information content (AvgIpc) is 3.06. The molecule has 1 aliphatic carbocycles. The number of hydrogen-bond donors (Lipinski definition) is 1. The maximum Gasteiger partial charge on any atom is 0.191 e. The molecule has 0 radical (unpaired) electrons. The van der Waals surface area contributed by atoms with Gasteiger partial charge in [-0.2, -0.15) is 0 Å². The number of ether oxygens (including phenoxy) is 1. The molecule has 2 fully saturated rings. The number of rotatable bonds is 3. The van der Waals surface area contributed by atoms with E-state index in [2.05, 4.69) is 4.99 Å². The van der Waals surface area contributed by atoms with Crippen LogP contribution < -0.4 is 5.73 Å². The zero-order chi connectivity index (χ0) is 13.4. The van der Waals surface area contributed by atoms with Crippen LogP contribution in [0.1, 0.15) is 19.8 Å². The first-order valence-corrected chi connectivity index (χ1v) is 8.09. The number of guanidine groups is 1. The van der Waals surface area contributed by atoms with Crippen molar-refractivity contribution in [3.05, 3.63) is 0 Å². The summed E-state index contributed by atoms with van der Waals surface area (Å²) in [6, 6.07) is 0. The van der Waals surface area contributed by atoms with Gasteiger partial charge in [-0.25, -0.2) is 8.42 Å². The van der Waals surface area contributed by atoms with E-state index >= 15 is 0 Å². The summed E-state index contributed by atoms with van der Waals surface area (Å²) < 4.78 is 28.0. The average molecular weight is 275 g/mol. The van der Waals surface area contributed by atoms with Crippen molar-refractivity contribution in [2.75, 3.05) is 32.5 Å². The number of nitrogens with two attached hydrogens (primary N) is 1. The highest BCUT2D eigenvalue weighted by atomic mass is 32.2. The molecule has 2 aliphatic rings. The number of hydrogen-bond acceptors (Lipinski definition) is 4. The molecule has 0 aromatic carbocycles. The Morgan fingerprint density at radius 3 is 2.72 bits per heavy atom. The third kappa shape index (κ3) is 2.77. The number of sulfone groups is 1. The smallest absolute Gasteiger partial charge is 0.191 e. The first-order chi connectivity index (χ1) is 8.34. The van der Waals surface area contributed by atoms with Gasteiger partial charge in [0.05, 0.1) is 24.0 Å². The molecule has 0 aromatic heterocycles. The maximum atomic E-state index is 11.6. The molecule has 1 aliphatic heterocycles. The van der Waals surface area contributed by atoms with Crippen molar-refractivity contribution >= 4 is 15.8 Å². The van der Waals surface area contributed by atoms with Crippen LogP contribution in [-0.2, 0) is 14.6 Å². The molecule has 0 amide bonds. The molecule has 0 aromatic rings. The van der Waals surface area contributed by atoms with Gasteiger partial charge in [0.25, 0.3) is 0 Å². The van der Waals surface area contributed by atoms with Gasteiger partial charge in [-0.05, 0) is 19.8 Å². The molecule has 2 N–H and O–H groups in total. The topological polar surface area (TPSA) is 85.0 Å². The van der Waals surface area contributed by atoms with Crippen LogP contribution in [0.4, 0.5) is 0 Å². The van der Waals surface area contributed by atoms with Crippen LogP contribution in [0.15, 0.2) is 4.99 Å². The fourth-order valence-corrected chi connectivity index (χ4v) is 3.28. The van der Waals surface area contributed by atoms with Crippen molar-refractivity contribution in [3.8, 4) is 0 Å². The van der Waals surface area contributed by atoms with Crippen molar-refractivity contribution in [2.45, 2.75) is 30.6 Å². The van der Waals surface area contributed by atoms with Gasteiger partial charge >= 0.3 is 0 Å². The molecule has 0 bridgehead atoms. The van der Waals surface area contributed by atoms with Gasteiger partial charge in [0, 0.05) is 19.3 Å². The van der Waals surface area contributed by atoms with E-state index in [0.29, 0.717) is 38.5 Å². The number of morpholine rings is 1. The highest BCUT2D eigenvalue weighted by Crippen LogP contribution is 2.43. The van der Waals surface area contributed by atoms with Gasteiger partial charge in [0.2, 0.25) is 0 Å². The van der Waals surface area contributed by atoms with Gasteiger partial charge in [0.1, 0.15) is 0 Å². The molecule has 18 heavy (non-hydrogen) atoms. The summed E-state index contributed by atoms with van der Waals surface area (Å²) >= 11 is 0. The Kier molecular flexibility index (Phi) is 3.55. The summed E-state index contributed by atoms with van der Waals surface area (Å²) in [5.74, 6) is 0.431. The molecular weight excluding hydrogens is 254 g/mol. The van der Waals surface area contributed by atoms with Crippen LogP contribution in [0.2, 0.25) is 0 Å². The standard InChI is InChI=1S/C11H21N3O3S/c1-9-7-14(5-6-17-9)10(12)13-8-11(3-4-11)18(2,15)16/h9H,3-8H2,1-2H3,(H2,12,13). The van der Waals surface area contributed by atoms with Gasteiger partial charge in [-0.1, -0.05) is 0 Å². The zero-order valence-electron chi connectivity index (χ0n) is 10.9. The molecule has 7 heteroatoms. The van der Waals surface area contributed by atoms with Crippen molar-refractivity contribution in [2.24, 2.45) is 10.7 Å². The van der Waals surface area contributed by atoms with Gasteiger partial charge in [0.15, 0.2) is 15.8 Å². The zero-order valence-corrected chi connectivity index (χ0v) is 11.7. The Morgan fingerprint density at radius 2 is 2.22 bits per heavy atom. The van der Waals surface area contributed by atoms with E-state index in [-0.39, 0.29) is 12.6 Å². The van der Waals surface area contributed by atoms with E-state index in [9.17, 15) is 8.42 Å². The predicted octanol–water partition coefficient (Wildman–Crippen LogP) is -0.401. The lowest BCUT2D eigenvalue weighted by atomic mass is 10.3. The van der Waals surface area contributed by atoms with Gasteiger partial charge in [-0.15, -0.1) is 0 Å². The minimum absolute atomic E-state index is 0.136. The lowest BCUT2D eigenvalue weighted by molar-refractivity contribution is 0.00530. The first-order valence-electron chi connectivity index (χ1n) is 6.20. The van der Waals surface area contributed by atoms with Gasteiger partial charge < -0.3 is 15.4 Å². The van der Waals surface area contributed by atoms with Crippen LogP contribution in [0.5, 0.6) is 0 Å². The summed E-state index contributed by atoms with van der Waals surface area (Å²) in [4.78, 5) is 6.22.